The molecule has 12 nitrogen and oxygen atoms in total. The number of hydrogen-bond donors (Lipinski definition) is 4. The van der Waals surface area contributed by atoms with E-state index < -0.39 is 37.3 Å². The first kappa shape index (κ1) is 24.2. The minimum Gasteiger partial charge on any atom is -0.496 e. The fourth-order valence-corrected chi connectivity index (χ4v) is 4.17. The molecule has 0 spiro atoms. The van der Waals surface area contributed by atoms with Crippen LogP contribution in [0.3, 0.4) is 0 Å². The van der Waals surface area contributed by atoms with Crippen molar-refractivity contribution < 1.29 is 53.3 Å². The lowest BCUT2D eigenvalue weighted by Crippen LogP contribution is -2.60. The highest BCUT2D eigenvalue weighted by Gasteiger charge is 2.45. The van der Waals surface area contributed by atoms with Gasteiger partial charge < -0.3 is 53.3 Å². The molecule has 12 heteroatoms. The van der Waals surface area contributed by atoms with Crippen molar-refractivity contribution in [3.63, 3.8) is 0 Å². The van der Waals surface area contributed by atoms with Crippen LogP contribution in [0.4, 0.5) is 0 Å². The first-order valence-corrected chi connectivity index (χ1v) is 10.9. The Morgan fingerprint density at radius 1 is 0.889 bits per heavy atom. The SMILES string of the molecule is COc1cc2c(=O)c(-c3cc4c(cc3OC)OCO4)coc2cc1O[C@@H]1OC(CO)[C@@H](O)[C@H](O)C1O. The molecule has 0 amide bonds. The van der Waals surface area contributed by atoms with E-state index in [4.69, 9.17) is 32.8 Å². The van der Waals surface area contributed by atoms with Gasteiger partial charge in [-0.2, -0.15) is 0 Å². The summed E-state index contributed by atoms with van der Waals surface area (Å²) in [5.74, 6) is 1.50. The zero-order valence-electron chi connectivity index (χ0n) is 19.2. The fraction of sp³-hybridized carbons (Fsp3) is 0.375. The monoisotopic (exact) mass is 504 g/mol. The Kier molecular flexibility index (Phi) is 6.36. The van der Waals surface area contributed by atoms with Gasteiger partial charge in [-0.05, 0) is 12.1 Å². The highest BCUT2D eigenvalue weighted by atomic mass is 16.7. The van der Waals surface area contributed by atoms with Crippen molar-refractivity contribution in [1.82, 2.24) is 0 Å². The highest BCUT2D eigenvalue weighted by molar-refractivity contribution is 5.86. The molecule has 1 saturated heterocycles. The van der Waals surface area contributed by atoms with E-state index in [1.807, 2.05) is 0 Å². The van der Waals surface area contributed by atoms with Crippen LogP contribution in [0.2, 0.25) is 0 Å². The molecular formula is C24H24O12. The number of hydrogen-bond acceptors (Lipinski definition) is 12. The van der Waals surface area contributed by atoms with Gasteiger partial charge in [0, 0.05) is 17.7 Å². The van der Waals surface area contributed by atoms with Crippen LogP contribution >= 0.6 is 0 Å². The standard InChI is InChI=1S/C24H24O12/c1-30-13-5-17-16(33-9-34-17)3-10(13)12-8-32-14-6-18(15(31-2)4-11(14)20(12)26)35-24-23(29)22(28)21(27)19(7-25)36-24/h3-6,8,19,21-25,27-29H,7,9H2,1-2H3/t19?,21-,22+,23?,24-/m1/s1. The van der Waals surface area contributed by atoms with E-state index in [1.165, 1.54) is 32.6 Å². The van der Waals surface area contributed by atoms with Crippen molar-refractivity contribution in [3.8, 4) is 39.9 Å². The number of aliphatic hydroxyl groups is 4. The van der Waals surface area contributed by atoms with Crippen LogP contribution in [0.25, 0.3) is 22.1 Å². The Balaban J connectivity index is 1.54. The van der Waals surface area contributed by atoms with Crippen molar-refractivity contribution in [2.75, 3.05) is 27.6 Å². The van der Waals surface area contributed by atoms with Crippen LogP contribution in [0.5, 0.6) is 28.7 Å². The summed E-state index contributed by atoms with van der Waals surface area (Å²) in [5.41, 5.74) is 0.412. The van der Waals surface area contributed by atoms with Crippen LogP contribution in [0, 0.1) is 0 Å². The summed E-state index contributed by atoms with van der Waals surface area (Å²) < 4.78 is 38.4. The van der Waals surface area contributed by atoms with Crippen LogP contribution in [-0.2, 0) is 4.74 Å². The molecule has 2 aliphatic heterocycles. The van der Waals surface area contributed by atoms with Crippen LogP contribution in [0.15, 0.2) is 39.7 Å². The van der Waals surface area contributed by atoms with E-state index in [0.29, 0.717) is 22.8 Å². The number of fused-ring (bicyclic) bond motifs is 2. The molecule has 192 valence electrons. The summed E-state index contributed by atoms with van der Waals surface area (Å²) in [5, 5.41) is 39.9. The normalized spacial score (nSPS) is 25.1. The smallest absolute Gasteiger partial charge is 0.231 e. The quantitative estimate of drug-likeness (QED) is 0.365. The largest absolute Gasteiger partial charge is 0.496 e. The van der Waals surface area contributed by atoms with Gasteiger partial charge in [0.2, 0.25) is 18.5 Å². The van der Waals surface area contributed by atoms with E-state index in [1.54, 1.807) is 12.1 Å². The number of aliphatic hydroxyl groups excluding tert-OH is 4. The molecule has 0 radical (unpaired) electrons. The van der Waals surface area contributed by atoms with Gasteiger partial charge in [0.25, 0.3) is 0 Å². The van der Waals surface area contributed by atoms with E-state index in [0.717, 1.165) is 0 Å². The van der Waals surface area contributed by atoms with Gasteiger partial charge in [-0.25, -0.2) is 0 Å². The van der Waals surface area contributed by atoms with E-state index >= 15 is 0 Å². The Labute approximate surface area is 203 Å². The highest BCUT2D eigenvalue weighted by Crippen LogP contribution is 2.42. The summed E-state index contributed by atoms with van der Waals surface area (Å²) in [6, 6.07) is 6.04. The van der Waals surface area contributed by atoms with E-state index in [9.17, 15) is 25.2 Å². The van der Waals surface area contributed by atoms with Gasteiger partial charge >= 0.3 is 0 Å². The third kappa shape index (κ3) is 3.98. The molecule has 0 aliphatic carbocycles. The molecule has 5 atom stereocenters. The Bertz CT molecular complexity index is 1330. The first-order valence-electron chi connectivity index (χ1n) is 10.9. The average molecular weight is 504 g/mol. The minimum absolute atomic E-state index is 0.0332. The lowest BCUT2D eigenvalue weighted by molar-refractivity contribution is -0.277. The topological polar surface area (TPSA) is 167 Å². The van der Waals surface area contributed by atoms with E-state index in [-0.39, 0.29) is 40.3 Å². The van der Waals surface area contributed by atoms with E-state index in [2.05, 4.69) is 0 Å². The van der Waals surface area contributed by atoms with Crippen LogP contribution < -0.4 is 29.1 Å². The van der Waals surface area contributed by atoms with Crippen molar-refractivity contribution >= 4 is 11.0 Å². The van der Waals surface area contributed by atoms with Gasteiger partial charge in [0.1, 0.15) is 42.0 Å². The molecule has 4 N–H and O–H groups in total. The molecule has 1 aromatic heterocycles. The molecule has 0 bridgehead atoms. The summed E-state index contributed by atoms with van der Waals surface area (Å²) in [6.07, 6.45) is -6.11. The molecule has 3 heterocycles. The molecular weight excluding hydrogens is 480 g/mol. The second kappa shape index (κ2) is 9.48. The Hall–Kier alpha value is -3.55. The number of ether oxygens (including phenoxy) is 6. The predicted molar refractivity (Wildman–Crippen MR) is 122 cm³/mol. The molecule has 1 fully saturated rings. The zero-order chi connectivity index (χ0) is 25.6. The molecule has 3 aromatic rings. The van der Waals surface area contributed by atoms with Crippen LogP contribution in [-0.4, -0.2) is 78.8 Å². The summed E-state index contributed by atoms with van der Waals surface area (Å²) in [6.45, 7) is -0.552. The van der Waals surface area contributed by atoms with Gasteiger partial charge in [0.15, 0.2) is 23.0 Å². The van der Waals surface area contributed by atoms with Gasteiger partial charge in [0.05, 0.1) is 31.8 Å². The zero-order valence-corrected chi connectivity index (χ0v) is 19.2. The molecule has 2 aliphatic rings. The Morgan fingerprint density at radius 2 is 1.61 bits per heavy atom. The average Bonchev–Trinajstić information content (AvgIpc) is 3.35. The molecule has 2 aromatic carbocycles. The summed E-state index contributed by atoms with van der Waals surface area (Å²) >= 11 is 0. The predicted octanol–water partition coefficient (Wildman–Crippen LogP) is 0.385. The first-order chi connectivity index (χ1) is 17.4. The third-order valence-corrected chi connectivity index (χ3v) is 6.14. The maximum Gasteiger partial charge on any atom is 0.231 e. The number of methoxy groups -OCH3 is 2. The van der Waals surface area contributed by atoms with Crippen molar-refractivity contribution in [1.29, 1.82) is 0 Å². The second-order valence-corrected chi connectivity index (χ2v) is 8.20. The van der Waals surface area contributed by atoms with Gasteiger partial charge in [-0.1, -0.05) is 0 Å². The minimum atomic E-state index is -1.63. The van der Waals surface area contributed by atoms with Crippen molar-refractivity contribution in [2.24, 2.45) is 0 Å². The lowest BCUT2D eigenvalue weighted by Gasteiger charge is -2.39. The molecule has 2 unspecified atom stereocenters. The molecule has 5 rings (SSSR count). The van der Waals surface area contributed by atoms with Crippen molar-refractivity contribution in [2.45, 2.75) is 30.7 Å². The third-order valence-electron chi connectivity index (χ3n) is 6.14. The number of rotatable bonds is 6. The number of benzene rings is 2. The van der Waals surface area contributed by atoms with Crippen molar-refractivity contribution in [3.05, 3.63) is 40.8 Å². The molecule has 36 heavy (non-hydrogen) atoms. The fourth-order valence-electron chi connectivity index (χ4n) is 4.17. The van der Waals surface area contributed by atoms with Gasteiger partial charge in [-0.3, -0.25) is 4.79 Å². The summed E-state index contributed by atoms with van der Waals surface area (Å²) in [4.78, 5) is 13.4. The maximum absolute atomic E-state index is 13.4. The lowest BCUT2D eigenvalue weighted by atomic mass is 9.99. The maximum atomic E-state index is 13.4. The van der Waals surface area contributed by atoms with Gasteiger partial charge in [-0.15, -0.1) is 0 Å². The van der Waals surface area contributed by atoms with Crippen LogP contribution in [0.1, 0.15) is 0 Å². The summed E-state index contributed by atoms with van der Waals surface area (Å²) in [7, 11) is 2.82. The second-order valence-electron chi connectivity index (χ2n) is 8.20. The Morgan fingerprint density at radius 3 is 2.31 bits per heavy atom. The molecule has 0 saturated carbocycles.